The number of aliphatic carboxylic acids is 1. The Labute approximate surface area is 97.8 Å². The van der Waals surface area contributed by atoms with E-state index in [0.29, 0.717) is 0 Å². The van der Waals surface area contributed by atoms with E-state index in [1.54, 1.807) is 0 Å². The quantitative estimate of drug-likeness (QED) is 0.675. The van der Waals surface area contributed by atoms with Crippen molar-refractivity contribution < 1.29 is 23.1 Å². The van der Waals surface area contributed by atoms with Crippen molar-refractivity contribution in [1.29, 1.82) is 0 Å². The number of alkyl halides is 3. The van der Waals surface area contributed by atoms with Gasteiger partial charge in [0.05, 0.1) is 0 Å². The molecule has 0 aromatic heterocycles. The smallest absolute Gasteiger partial charge is 0.475 e. The molecule has 7 heteroatoms. The van der Waals surface area contributed by atoms with Gasteiger partial charge in [0.1, 0.15) is 0 Å². The topological polar surface area (TPSA) is 52.6 Å². The predicted molar refractivity (Wildman–Crippen MR) is 55.7 cm³/mol. The number of hydrogen-bond donors (Lipinski definition) is 2. The number of hydrogen-bond acceptors (Lipinski definition) is 3. The predicted octanol–water partition coefficient (Wildman–Crippen LogP) is 0.935. The lowest BCUT2D eigenvalue weighted by Gasteiger charge is -2.47. The van der Waals surface area contributed by atoms with Gasteiger partial charge in [-0.2, -0.15) is 13.2 Å². The minimum absolute atomic E-state index is 0.729. The third-order valence-corrected chi connectivity index (χ3v) is 3.29. The maximum Gasteiger partial charge on any atom is 0.490 e. The number of carboxylic acids is 1. The summed E-state index contributed by atoms with van der Waals surface area (Å²) in [5.74, 6) is -2.76. The van der Waals surface area contributed by atoms with Crippen molar-refractivity contribution in [3.63, 3.8) is 0 Å². The van der Waals surface area contributed by atoms with Gasteiger partial charge in [-0.05, 0) is 38.4 Å². The van der Waals surface area contributed by atoms with Gasteiger partial charge in [-0.25, -0.2) is 4.79 Å². The Morgan fingerprint density at radius 1 is 1.29 bits per heavy atom. The molecule has 0 amide bonds. The molecule has 100 valence electrons. The van der Waals surface area contributed by atoms with Gasteiger partial charge < -0.3 is 15.3 Å². The zero-order valence-electron chi connectivity index (χ0n) is 9.68. The van der Waals surface area contributed by atoms with E-state index in [1.165, 1.54) is 39.0 Å². The summed E-state index contributed by atoms with van der Waals surface area (Å²) in [7, 11) is 2.22. The molecule has 0 aromatic rings. The molecular formula is C10H17F3N2O2. The Kier molecular flexibility index (Phi) is 4.37. The van der Waals surface area contributed by atoms with E-state index in [1.807, 2.05) is 0 Å². The first-order valence-electron chi connectivity index (χ1n) is 5.45. The number of nitrogens with zero attached hydrogens (tertiary/aromatic N) is 1. The van der Waals surface area contributed by atoms with Crippen molar-refractivity contribution in [2.24, 2.45) is 5.41 Å². The number of carboxylic acid groups (broad SMARTS) is 1. The van der Waals surface area contributed by atoms with Gasteiger partial charge in [-0.3, -0.25) is 0 Å². The monoisotopic (exact) mass is 254 g/mol. The molecule has 0 bridgehead atoms. The van der Waals surface area contributed by atoms with Crippen molar-refractivity contribution in [2.45, 2.75) is 19.0 Å². The first kappa shape index (κ1) is 14.2. The zero-order valence-corrected chi connectivity index (χ0v) is 9.68. The van der Waals surface area contributed by atoms with Crippen molar-refractivity contribution in [2.75, 3.05) is 33.2 Å². The third-order valence-electron chi connectivity index (χ3n) is 3.29. The van der Waals surface area contributed by atoms with Gasteiger partial charge in [-0.1, -0.05) is 0 Å². The van der Waals surface area contributed by atoms with E-state index < -0.39 is 12.1 Å². The van der Waals surface area contributed by atoms with Crippen molar-refractivity contribution in [3.8, 4) is 0 Å². The highest BCUT2D eigenvalue weighted by molar-refractivity contribution is 5.73. The van der Waals surface area contributed by atoms with Crippen LogP contribution in [0, 0.1) is 5.41 Å². The van der Waals surface area contributed by atoms with Crippen LogP contribution in [0.2, 0.25) is 0 Å². The van der Waals surface area contributed by atoms with Gasteiger partial charge in [-0.15, -0.1) is 0 Å². The molecule has 1 spiro atoms. The summed E-state index contributed by atoms with van der Waals surface area (Å²) in [5.41, 5.74) is 0.729. The summed E-state index contributed by atoms with van der Waals surface area (Å²) in [6.45, 7) is 5.17. The third kappa shape index (κ3) is 4.16. The minimum Gasteiger partial charge on any atom is -0.475 e. The highest BCUT2D eigenvalue weighted by Crippen LogP contribution is 2.34. The van der Waals surface area contributed by atoms with Crippen molar-refractivity contribution in [1.82, 2.24) is 10.2 Å². The highest BCUT2D eigenvalue weighted by atomic mass is 19.4. The minimum atomic E-state index is -5.08. The molecule has 2 aliphatic heterocycles. The van der Waals surface area contributed by atoms with Crippen LogP contribution in [-0.4, -0.2) is 55.4 Å². The SMILES string of the molecule is CN1CCC2(CC1)CNC2.O=C(O)C(F)(F)F. The Hall–Kier alpha value is -0.820. The van der Waals surface area contributed by atoms with Gasteiger partial charge in [0.2, 0.25) is 0 Å². The summed E-state index contributed by atoms with van der Waals surface area (Å²) in [4.78, 5) is 11.3. The van der Waals surface area contributed by atoms with Crippen LogP contribution in [0.3, 0.4) is 0 Å². The van der Waals surface area contributed by atoms with Crippen LogP contribution < -0.4 is 5.32 Å². The average molecular weight is 254 g/mol. The fraction of sp³-hybridized carbons (Fsp3) is 0.900. The Balaban J connectivity index is 0.000000185. The van der Waals surface area contributed by atoms with Crippen molar-refractivity contribution in [3.05, 3.63) is 0 Å². The molecule has 2 saturated heterocycles. The molecule has 2 heterocycles. The van der Waals surface area contributed by atoms with Crippen LogP contribution in [0.1, 0.15) is 12.8 Å². The lowest BCUT2D eigenvalue weighted by atomic mass is 9.74. The van der Waals surface area contributed by atoms with Crippen molar-refractivity contribution >= 4 is 5.97 Å². The molecule has 0 saturated carbocycles. The average Bonchev–Trinajstić information content (AvgIpc) is 2.16. The molecule has 0 unspecified atom stereocenters. The lowest BCUT2D eigenvalue weighted by molar-refractivity contribution is -0.192. The van der Waals surface area contributed by atoms with Gasteiger partial charge in [0.15, 0.2) is 0 Å². The largest absolute Gasteiger partial charge is 0.490 e. The first-order chi connectivity index (χ1) is 7.75. The molecule has 2 aliphatic rings. The van der Waals surface area contributed by atoms with Crippen LogP contribution in [0.5, 0.6) is 0 Å². The summed E-state index contributed by atoms with van der Waals surface area (Å²) in [6, 6.07) is 0. The maximum atomic E-state index is 10.6. The van der Waals surface area contributed by atoms with Crippen LogP contribution >= 0.6 is 0 Å². The molecule has 4 nitrogen and oxygen atoms in total. The summed E-state index contributed by atoms with van der Waals surface area (Å²) >= 11 is 0. The second-order valence-electron chi connectivity index (χ2n) is 4.71. The number of likely N-dealkylation sites (tertiary alicyclic amines) is 1. The Morgan fingerprint density at radius 3 is 1.94 bits per heavy atom. The van der Waals surface area contributed by atoms with E-state index in [0.717, 1.165) is 5.41 Å². The summed E-state index contributed by atoms with van der Waals surface area (Å²) < 4.78 is 31.7. The summed E-state index contributed by atoms with van der Waals surface area (Å²) in [6.07, 6.45) is -2.26. The fourth-order valence-electron chi connectivity index (χ4n) is 1.92. The lowest BCUT2D eigenvalue weighted by Crippen LogP contribution is -2.57. The molecule has 0 radical (unpaired) electrons. The molecule has 2 fully saturated rings. The van der Waals surface area contributed by atoms with Crippen LogP contribution in [0.4, 0.5) is 13.2 Å². The van der Waals surface area contributed by atoms with Crippen LogP contribution in [0.15, 0.2) is 0 Å². The molecule has 2 N–H and O–H groups in total. The molecular weight excluding hydrogens is 237 g/mol. The second kappa shape index (κ2) is 5.22. The zero-order chi connectivity index (χ0) is 13.1. The van der Waals surface area contributed by atoms with Gasteiger partial charge >= 0.3 is 12.1 Å². The normalized spacial score (nSPS) is 23.5. The number of rotatable bonds is 0. The molecule has 2 rings (SSSR count). The number of nitrogens with one attached hydrogen (secondary N) is 1. The van der Waals surface area contributed by atoms with E-state index in [4.69, 9.17) is 9.90 Å². The second-order valence-corrected chi connectivity index (χ2v) is 4.71. The van der Waals surface area contributed by atoms with Gasteiger partial charge in [0.25, 0.3) is 0 Å². The number of halogens is 3. The van der Waals surface area contributed by atoms with Crippen LogP contribution in [0.25, 0.3) is 0 Å². The van der Waals surface area contributed by atoms with Crippen LogP contribution in [-0.2, 0) is 4.79 Å². The number of piperidine rings is 1. The molecule has 0 aromatic carbocycles. The molecule has 17 heavy (non-hydrogen) atoms. The van der Waals surface area contributed by atoms with Gasteiger partial charge in [0, 0.05) is 13.1 Å². The first-order valence-corrected chi connectivity index (χ1v) is 5.45. The molecule has 0 atom stereocenters. The fourth-order valence-corrected chi connectivity index (χ4v) is 1.92. The Morgan fingerprint density at radius 2 is 1.71 bits per heavy atom. The highest BCUT2D eigenvalue weighted by Gasteiger charge is 2.39. The van der Waals surface area contributed by atoms with E-state index in [2.05, 4.69) is 17.3 Å². The van der Waals surface area contributed by atoms with E-state index in [9.17, 15) is 13.2 Å². The van der Waals surface area contributed by atoms with E-state index in [-0.39, 0.29) is 0 Å². The molecule has 0 aliphatic carbocycles. The standard InChI is InChI=1S/C8H16N2.C2HF3O2/c1-10-4-2-8(3-5-10)6-9-7-8;3-2(4,5)1(6)7/h9H,2-7H2,1H3;(H,6,7). The Bertz CT molecular complexity index is 267. The summed E-state index contributed by atoms with van der Waals surface area (Å²) in [5, 5.41) is 10.5. The van der Waals surface area contributed by atoms with E-state index >= 15 is 0 Å². The maximum absolute atomic E-state index is 10.6. The number of carbonyl (C=O) groups is 1.